The van der Waals surface area contributed by atoms with Crippen LogP contribution in [0.15, 0.2) is 35.7 Å². The van der Waals surface area contributed by atoms with Crippen LogP contribution in [0, 0.1) is 0 Å². The van der Waals surface area contributed by atoms with Gasteiger partial charge in [-0.15, -0.1) is 11.3 Å². The molecule has 0 bridgehead atoms. The zero-order chi connectivity index (χ0) is 16.2. The number of thiazole rings is 1. The van der Waals surface area contributed by atoms with Crippen LogP contribution in [0.5, 0.6) is 5.75 Å². The van der Waals surface area contributed by atoms with Gasteiger partial charge in [0.2, 0.25) is 5.91 Å². The van der Waals surface area contributed by atoms with Crippen molar-refractivity contribution >= 4 is 49.8 Å². The van der Waals surface area contributed by atoms with Crippen molar-refractivity contribution in [3.05, 3.63) is 40.6 Å². The average Bonchev–Trinajstić information content (AvgIpc) is 3.20. The molecule has 2 aromatic heterocycles. The van der Waals surface area contributed by atoms with Gasteiger partial charge in [-0.05, 0) is 29.6 Å². The second-order valence-corrected chi connectivity index (χ2v) is 6.54. The quantitative estimate of drug-likeness (QED) is 0.744. The van der Waals surface area contributed by atoms with Gasteiger partial charge in [0.1, 0.15) is 5.75 Å². The smallest absolute Gasteiger partial charge is 0.261 e. The molecule has 0 aliphatic rings. The molecule has 3 rings (SSSR count). The van der Waals surface area contributed by atoms with E-state index in [2.05, 4.69) is 15.6 Å². The van der Waals surface area contributed by atoms with Crippen molar-refractivity contribution in [2.24, 2.45) is 0 Å². The van der Waals surface area contributed by atoms with E-state index in [0.29, 0.717) is 10.0 Å². The highest BCUT2D eigenvalue weighted by Gasteiger charge is 2.11. The van der Waals surface area contributed by atoms with E-state index in [1.54, 1.807) is 19.2 Å². The summed E-state index contributed by atoms with van der Waals surface area (Å²) in [6.45, 7) is -0.101. The highest BCUT2D eigenvalue weighted by atomic mass is 32.1. The van der Waals surface area contributed by atoms with Crippen molar-refractivity contribution in [1.29, 1.82) is 0 Å². The molecule has 2 amide bonds. The van der Waals surface area contributed by atoms with E-state index >= 15 is 0 Å². The van der Waals surface area contributed by atoms with Gasteiger partial charge in [0.15, 0.2) is 5.13 Å². The van der Waals surface area contributed by atoms with E-state index in [9.17, 15) is 9.59 Å². The lowest BCUT2D eigenvalue weighted by atomic mass is 10.3. The van der Waals surface area contributed by atoms with E-state index in [1.807, 2.05) is 23.6 Å². The van der Waals surface area contributed by atoms with E-state index in [-0.39, 0.29) is 18.4 Å². The molecule has 6 nitrogen and oxygen atoms in total. The Morgan fingerprint density at radius 2 is 2.17 bits per heavy atom. The van der Waals surface area contributed by atoms with Crippen molar-refractivity contribution in [1.82, 2.24) is 10.3 Å². The molecule has 0 spiro atoms. The van der Waals surface area contributed by atoms with Gasteiger partial charge in [-0.1, -0.05) is 17.4 Å². The van der Waals surface area contributed by atoms with Gasteiger partial charge in [-0.2, -0.15) is 0 Å². The normalized spacial score (nSPS) is 10.5. The van der Waals surface area contributed by atoms with Crippen molar-refractivity contribution in [2.45, 2.75) is 0 Å². The summed E-state index contributed by atoms with van der Waals surface area (Å²) in [5, 5.41) is 7.56. The second-order valence-electron chi connectivity index (χ2n) is 4.56. The standard InChI is InChI=1S/C15H13N3O3S2/c1-21-9-4-5-10-12(7-9)23-15(17-10)18-13(19)8-16-14(20)11-3-2-6-22-11/h2-7H,8H2,1H3,(H,16,20)(H,17,18,19). The van der Waals surface area contributed by atoms with Crippen LogP contribution in [-0.4, -0.2) is 30.5 Å². The first kappa shape index (κ1) is 15.4. The van der Waals surface area contributed by atoms with Crippen molar-refractivity contribution in [3.8, 4) is 5.75 Å². The van der Waals surface area contributed by atoms with Crippen LogP contribution in [-0.2, 0) is 4.79 Å². The molecule has 118 valence electrons. The van der Waals surface area contributed by atoms with Crippen molar-refractivity contribution in [3.63, 3.8) is 0 Å². The Kier molecular flexibility index (Phi) is 4.54. The number of thiophene rings is 1. The first-order chi connectivity index (χ1) is 11.2. The number of ether oxygens (including phenoxy) is 1. The lowest BCUT2D eigenvalue weighted by Crippen LogP contribution is -2.32. The highest BCUT2D eigenvalue weighted by molar-refractivity contribution is 7.22. The number of hydrogen-bond donors (Lipinski definition) is 2. The third-order valence-corrected chi connectivity index (χ3v) is 4.80. The fraction of sp³-hybridized carbons (Fsp3) is 0.133. The molecule has 0 saturated heterocycles. The Bertz CT molecular complexity index is 843. The minimum absolute atomic E-state index is 0.101. The molecule has 0 unspecified atom stereocenters. The van der Waals surface area contributed by atoms with Crippen molar-refractivity contribution in [2.75, 3.05) is 19.0 Å². The van der Waals surface area contributed by atoms with Crippen molar-refractivity contribution < 1.29 is 14.3 Å². The fourth-order valence-electron chi connectivity index (χ4n) is 1.90. The number of methoxy groups -OCH3 is 1. The summed E-state index contributed by atoms with van der Waals surface area (Å²) in [4.78, 5) is 28.6. The summed E-state index contributed by atoms with van der Waals surface area (Å²) in [6.07, 6.45) is 0. The largest absolute Gasteiger partial charge is 0.497 e. The summed E-state index contributed by atoms with van der Waals surface area (Å²) in [5.41, 5.74) is 0.786. The maximum absolute atomic E-state index is 11.9. The number of nitrogens with one attached hydrogen (secondary N) is 2. The Balaban J connectivity index is 1.60. The molecule has 3 aromatic rings. The van der Waals surface area contributed by atoms with E-state index in [4.69, 9.17) is 4.74 Å². The topological polar surface area (TPSA) is 80.3 Å². The molecule has 2 N–H and O–H groups in total. The Morgan fingerprint density at radius 3 is 2.91 bits per heavy atom. The van der Waals surface area contributed by atoms with Gasteiger partial charge in [0.05, 0.1) is 28.7 Å². The number of carbonyl (C=O) groups is 2. The number of nitrogens with zero attached hydrogens (tertiary/aromatic N) is 1. The lowest BCUT2D eigenvalue weighted by molar-refractivity contribution is -0.115. The number of benzene rings is 1. The maximum atomic E-state index is 11.9. The molecule has 1 aromatic carbocycles. The third kappa shape index (κ3) is 3.66. The zero-order valence-corrected chi connectivity index (χ0v) is 13.8. The minimum atomic E-state index is -0.319. The molecule has 0 fully saturated rings. The molecule has 2 heterocycles. The van der Waals surface area contributed by atoms with Crippen LogP contribution < -0.4 is 15.4 Å². The maximum Gasteiger partial charge on any atom is 0.261 e. The minimum Gasteiger partial charge on any atom is -0.497 e. The molecule has 0 radical (unpaired) electrons. The van der Waals surface area contributed by atoms with Gasteiger partial charge in [0, 0.05) is 0 Å². The Morgan fingerprint density at radius 1 is 1.30 bits per heavy atom. The van der Waals surface area contributed by atoms with Crippen LogP contribution in [0.4, 0.5) is 5.13 Å². The van der Waals surface area contributed by atoms with Gasteiger partial charge < -0.3 is 15.4 Å². The number of amides is 2. The van der Waals surface area contributed by atoms with Gasteiger partial charge >= 0.3 is 0 Å². The fourth-order valence-corrected chi connectivity index (χ4v) is 3.45. The molecule has 23 heavy (non-hydrogen) atoms. The summed E-state index contributed by atoms with van der Waals surface area (Å²) in [7, 11) is 1.60. The van der Waals surface area contributed by atoms with Gasteiger partial charge in [-0.25, -0.2) is 4.98 Å². The first-order valence-corrected chi connectivity index (χ1v) is 8.41. The number of anilines is 1. The monoisotopic (exact) mass is 347 g/mol. The molecule has 0 aliphatic heterocycles. The number of aromatic nitrogens is 1. The highest BCUT2D eigenvalue weighted by Crippen LogP contribution is 2.28. The predicted molar refractivity (Wildman–Crippen MR) is 91.5 cm³/mol. The van der Waals surface area contributed by atoms with Crippen LogP contribution in [0.25, 0.3) is 10.2 Å². The second kappa shape index (κ2) is 6.76. The number of carbonyl (C=O) groups excluding carboxylic acids is 2. The molecular formula is C15H13N3O3S2. The summed E-state index contributed by atoms with van der Waals surface area (Å²) in [5.74, 6) is 0.160. The van der Waals surface area contributed by atoms with E-state index in [1.165, 1.54) is 22.7 Å². The molecule has 8 heteroatoms. The number of hydrogen-bond acceptors (Lipinski definition) is 6. The Labute approximate surface area is 140 Å². The molecule has 0 saturated carbocycles. The Hall–Kier alpha value is -2.45. The van der Waals surface area contributed by atoms with Crippen LogP contribution >= 0.6 is 22.7 Å². The third-order valence-electron chi connectivity index (χ3n) is 3.00. The molecule has 0 aliphatic carbocycles. The number of fused-ring (bicyclic) bond motifs is 1. The van der Waals surface area contributed by atoms with Gasteiger partial charge in [0.25, 0.3) is 5.91 Å². The number of rotatable bonds is 5. The SMILES string of the molecule is COc1ccc2nc(NC(=O)CNC(=O)c3cccs3)sc2c1. The zero-order valence-electron chi connectivity index (χ0n) is 12.2. The predicted octanol–water partition coefficient (Wildman–Crippen LogP) is 2.73. The van der Waals surface area contributed by atoms with Crippen LogP contribution in [0.3, 0.4) is 0 Å². The van der Waals surface area contributed by atoms with E-state index in [0.717, 1.165) is 16.0 Å². The van der Waals surface area contributed by atoms with Crippen LogP contribution in [0.1, 0.15) is 9.67 Å². The molecule has 0 atom stereocenters. The van der Waals surface area contributed by atoms with Gasteiger partial charge in [-0.3, -0.25) is 9.59 Å². The molecular weight excluding hydrogens is 334 g/mol. The van der Waals surface area contributed by atoms with E-state index < -0.39 is 0 Å². The first-order valence-electron chi connectivity index (χ1n) is 6.72. The summed E-state index contributed by atoms with van der Waals surface area (Å²) >= 11 is 2.68. The summed E-state index contributed by atoms with van der Waals surface area (Å²) in [6, 6.07) is 9.00. The van der Waals surface area contributed by atoms with Crippen LogP contribution in [0.2, 0.25) is 0 Å². The average molecular weight is 347 g/mol. The lowest BCUT2D eigenvalue weighted by Gasteiger charge is -2.03. The summed E-state index contributed by atoms with van der Waals surface area (Å²) < 4.78 is 6.08.